The molecule has 0 bridgehead atoms. The zero-order chi connectivity index (χ0) is 13.7. The summed E-state index contributed by atoms with van der Waals surface area (Å²) >= 11 is 0. The van der Waals surface area contributed by atoms with Crippen LogP contribution in [0.1, 0.15) is 25.3 Å². The Morgan fingerprint density at radius 2 is 2.26 bits per heavy atom. The van der Waals surface area contributed by atoms with Crippen LogP contribution in [0.2, 0.25) is 0 Å². The van der Waals surface area contributed by atoms with Gasteiger partial charge < -0.3 is 20.5 Å². The van der Waals surface area contributed by atoms with Gasteiger partial charge in [0.1, 0.15) is 5.75 Å². The molecule has 0 aliphatic heterocycles. The number of rotatable bonds is 7. The SMILES string of the molecule is CCOc1ccc(NC(=O)CNC2CC2)cc1CO. The number of aliphatic hydroxyl groups is 1. The van der Waals surface area contributed by atoms with E-state index in [9.17, 15) is 9.90 Å². The third kappa shape index (κ3) is 4.22. The summed E-state index contributed by atoms with van der Waals surface area (Å²) in [5, 5.41) is 15.2. The lowest BCUT2D eigenvalue weighted by molar-refractivity contribution is -0.115. The summed E-state index contributed by atoms with van der Waals surface area (Å²) in [6, 6.07) is 5.79. The van der Waals surface area contributed by atoms with Crippen molar-refractivity contribution in [2.24, 2.45) is 0 Å². The quantitative estimate of drug-likeness (QED) is 0.693. The van der Waals surface area contributed by atoms with Gasteiger partial charge in [-0.25, -0.2) is 0 Å². The average Bonchev–Trinajstić information content (AvgIpc) is 3.22. The van der Waals surface area contributed by atoms with E-state index >= 15 is 0 Å². The third-order valence-corrected chi connectivity index (χ3v) is 2.94. The monoisotopic (exact) mass is 264 g/mol. The first-order valence-electron chi connectivity index (χ1n) is 6.62. The molecule has 104 valence electrons. The minimum Gasteiger partial charge on any atom is -0.494 e. The second kappa shape index (κ2) is 6.54. The van der Waals surface area contributed by atoms with Gasteiger partial charge in [-0.1, -0.05) is 0 Å². The van der Waals surface area contributed by atoms with Gasteiger partial charge in [0.15, 0.2) is 0 Å². The molecule has 1 fully saturated rings. The van der Waals surface area contributed by atoms with Gasteiger partial charge >= 0.3 is 0 Å². The maximum atomic E-state index is 11.7. The first kappa shape index (κ1) is 13.8. The fourth-order valence-electron chi connectivity index (χ4n) is 1.81. The summed E-state index contributed by atoms with van der Waals surface area (Å²) in [6.45, 7) is 2.65. The normalized spacial score (nSPS) is 14.2. The molecule has 0 spiro atoms. The van der Waals surface area contributed by atoms with Crippen molar-refractivity contribution in [2.45, 2.75) is 32.4 Å². The fourth-order valence-corrected chi connectivity index (χ4v) is 1.81. The van der Waals surface area contributed by atoms with Gasteiger partial charge in [-0.15, -0.1) is 0 Å². The number of carbonyl (C=O) groups is 1. The Labute approximate surface area is 113 Å². The van der Waals surface area contributed by atoms with Crippen molar-refractivity contribution < 1.29 is 14.6 Å². The first-order valence-corrected chi connectivity index (χ1v) is 6.62. The van der Waals surface area contributed by atoms with Crippen LogP contribution < -0.4 is 15.4 Å². The predicted octanol–water partition coefficient (Wildman–Crippen LogP) is 1.27. The standard InChI is InChI=1S/C14H20N2O3/c1-2-19-13-6-5-12(7-10(13)9-17)16-14(18)8-15-11-3-4-11/h5-7,11,15,17H,2-4,8-9H2,1H3,(H,16,18). The molecular formula is C14H20N2O3. The van der Waals surface area contributed by atoms with E-state index in [2.05, 4.69) is 10.6 Å². The number of ether oxygens (including phenoxy) is 1. The lowest BCUT2D eigenvalue weighted by Gasteiger charge is -2.11. The molecule has 0 aromatic heterocycles. The van der Waals surface area contributed by atoms with Gasteiger partial charge in [-0.3, -0.25) is 4.79 Å². The van der Waals surface area contributed by atoms with E-state index in [-0.39, 0.29) is 12.5 Å². The number of nitrogens with one attached hydrogen (secondary N) is 2. The second-order valence-electron chi connectivity index (χ2n) is 4.62. The van der Waals surface area contributed by atoms with Crippen molar-refractivity contribution in [1.29, 1.82) is 0 Å². The maximum Gasteiger partial charge on any atom is 0.238 e. The Morgan fingerprint density at radius 3 is 2.89 bits per heavy atom. The largest absolute Gasteiger partial charge is 0.494 e. The van der Waals surface area contributed by atoms with Crippen LogP contribution >= 0.6 is 0 Å². The molecule has 1 aliphatic rings. The van der Waals surface area contributed by atoms with Crippen molar-refractivity contribution in [3.63, 3.8) is 0 Å². The highest BCUT2D eigenvalue weighted by Crippen LogP contribution is 2.23. The van der Waals surface area contributed by atoms with Crippen molar-refractivity contribution >= 4 is 11.6 Å². The summed E-state index contributed by atoms with van der Waals surface area (Å²) in [6.07, 6.45) is 2.32. The van der Waals surface area contributed by atoms with Crippen LogP contribution in [-0.4, -0.2) is 30.2 Å². The van der Waals surface area contributed by atoms with Crippen molar-refractivity contribution in [2.75, 3.05) is 18.5 Å². The van der Waals surface area contributed by atoms with Gasteiger partial charge in [-0.2, -0.15) is 0 Å². The predicted molar refractivity (Wildman–Crippen MR) is 73.2 cm³/mol. The van der Waals surface area contributed by atoms with Crippen molar-refractivity contribution in [1.82, 2.24) is 5.32 Å². The van der Waals surface area contributed by atoms with E-state index < -0.39 is 0 Å². The number of anilines is 1. The molecule has 5 heteroatoms. The molecule has 1 saturated carbocycles. The van der Waals surface area contributed by atoms with E-state index in [1.807, 2.05) is 6.92 Å². The number of hydrogen-bond acceptors (Lipinski definition) is 4. The van der Waals surface area contributed by atoms with Crippen LogP contribution in [0.15, 0.2) is 18.2 Å². The summed E-state index contributed by atoms with van der Waals surface area (Å²) in [5.41, 5.74) is 1.35. The molecule has 19 heavy (non-hydrogen) atoms. The smallest absolute Gasteiger partial charge is 0.238 e. The molecular weight excluding hydrogens is 244 g/mol. The summed E-state index contributed by atoms with van der Waals surface area (Å²) < 4.78 is 5.39. The molecule has 3 N–H and O–H groups in total. The molecule has 2 rings (SSSR count). The van der Waals surface area contributed by atoms with Gasteiger partial charge in [0.05, 0.1) is 19.8 Å². The van der Waals surface area contributed by atoms with Crippen molar-refractivity contribution in [3.8, 4) is 5.75 Å². The Balaban J connectivity index is 1.93. The van der Waals surface area contributed by atoms with E-state index in [0.29, 0.717) is 36.2 Å². The van der Waals surface area contributed by atoms with Crippen LogP contribution in [0, 0.1) is 0 Å². The molecule has 0 saturated heterocycles. The molecule has 0 unspecified atom stereocenters. The van der Waals surface area contributed by atoms with Crippen LogP contribution in [0.25, 0.3) is 0 Å². The van der Waals surface area contributed by atoms with Gasteiger partial charge in [0.25, 0.3) is 0 Å². The van der Waals surface area contributed by atoms with Crippen LogP contribution in [0.4, 0.5) is 5.69 Å². The molecule has 1 aromatic rings. The minimum absolute atomic E-state index is 0.0695. The van der Waals surface area contributed by atoms with E-state index in [4.69, 9.17) is 4.74 Å². The summed E-state index contributed by atoms with van der Waals surface area (Å²) in [5.74, 6) is 0.582. The highest BCUT2D eigenvalue weighted by atomic mass is 16.5. The lowest BCUT2D eigenvalue weighted by Crippen LogP contribution is -2.29. The number of amides is 1. The first-order chi connectivity index (χ1) is 9.22. The zero-order valence-electron chi connectivity index (χ0n) is 11.1. The number of hydrogen-bond donors (Lipinski definition) is 3. The Hall–Kier alpha value is -1.59. The van der Waals surface area contributed by atoms with Crippen LogP contribution in [-0.2, 0) is 11.4 Å². The summed E-state index contributed by atoms with van der Waals surface area (Å²) in [7, 11) is 0. The summed E-state index contributed by atoms with van der Waals surface area (Å²) in [4.78, 5) is 11.7. The molecule has 0 radical (unpaired) electrons. The fraction of sp³-hybridized carbons (Fsp3) is 0.500. The van der Waals surface area contributed by atoms with Gasteiger partial charge in [0.2, 0.25) is 5.91 Å². The molecule has 1 aromatic carbocycles. The maximum absolute atomic E-state index is 11.7. The number of carbonyl (C=O) groups excluding carboxylic acids is 1. The molecule has 5 nitrogen and oxygen atoms in total. The van der Waals surface area contributed by atoms with E-state index in [1.54, 1.807) is 18.2 Å². The van der Waals surface area contributed by atoms with Gasteiger partial charge in [0, 0.05) is 17.3 Å². The van der Waals surface area contributed by atoms with E-state index in [1.165, 1.54) is 0 Å². The van der Waals surface area contributed by atoms with E-state index in [0.717, 1.165) is 12.8 Å². The minimum atomic E-state index is -0.112. The topological polar surface area (TPSA) is 70.6 Å². The van der Waals surface area contributed by atoms with Gasteiger partial charge in [-0.05, 0) is 38.0 Å². The molecule has 0 atom stereocenters. The molecule has 0 heterocycles. The Morgan fingerprint density at radius 1 is 1.47 bits per heavy atom. The Bertz CT molecular complexity index is 444. The van der Waals surface area contributed by atoms with Crippen molar-refractivity contribution in [3.05, 3.63) is 23.8 Å². The number of benzene rings is 1. The highest BCUT2D eigenvalue weighted by molar-refractivity contribution is 5.92. The van der Waals surface area contributed by atoms with Crippen LogP contribution in [0.5, 0.6) is 5.75 Å². The Kier molecular flexibility index (Phi) is 4.76. The zero-order valence-corrected chi connectivity index (χ0v) is 11.1. The van der Waals surface area contributed by atoms with Crippen LogP contribution in [0.3, 0.4) is 0 Å². The second-order valence-corrected chi connectivity index (χ2v) is 4.62. The average molecular weight is 264 g/mol. The lowest BCUT2D eigenvalue weighted by atomic mass is 10.2. The molecule has 1 amide bonds. The molecule has 1 aliphatic carbocycles. The highest BCUT2D eigenvalue weighted by Gasteiger charge is 2.21. The third-order valence-electron chi connectivity index (χ3n) is 2.94. The number of aliphatic hydroxyl groups excluding tert-OH is 1.